The number of aryl methyl sites for hydroxylation is 1. The van der Waals surface area contributed by atoms with Crippen LogP contribution in [0.4, 0.5) is 5.82 Å². The summed E-state index contributed by atoms with van der Waals surface area (Å²) in [6, 6.07) is 4.32. The Kier molecular flexibility index (Phi) is 4.66. The zero-order valence-corrected chi connectivity index (χ0v) is 13.4. The zero-order valence-electron chi connectivity index (χ0n) is 13.4. The van der Waals surface area contributed by atoms with Crippen molar-refractivity contribution >= 4 is 5.82 Å². The van der Waals surface area contributed by atoms with Gasteiger partial charge in [0.1, 0.15) is 5.82 Å². The molecule has 1 aromatic heterocycles. The molecule has 0 spiro atoms. The van der Waals surface area contributed by atoms with Gasteiger partial charge in [0.05, 0.1) is 11.7 Å². The summed E-state index contributed by atoms with van der Waals surface area (Å²) in [5.41, 5.74) is 2.27. The summed E-state index contributed by atoms with van der Waals surface area (Å²) >= 11 is 0. The number of ether oxygens (including phenoxy) is 1. The third-order valence-electron chi connectivity index (χ3n) is 3.64. The highest BCUT2D eigenvalue weighted by atomic mass is 16.5. The minimum Gasteiger partial charge on any atom is -0.369 e. The van der Waals surface area contributed by atoms with Gasteiger partial charge in [-0.3, -0.25) is 0 Å². The van der Waals surface area contributed by atoms with Gasteiger partial charge in [0.25, 0.3) is 0 Å². The molecule has 1 atom stereocenters. The third kappa shape index (κ3) is 3.70. The van der Waals surface area contributed by atoms with E-state index in [9.17, 15) is 0 Å². The van der Waals surface area contributed by atoms with Crippen molar-refractivity contribution in [1.29, 1.82) is 0 Å². The van der Waals surface area contributed by atoms with Crippen molar-refractivity contribution in [3.63, 3.8) is 0 Å². The predicted octanol–water partition coefficient (Wildman–Crippen LogP) is 2.50. The lowest BCUT2D eigenvalue weighted by atomic mass is 10.1. The molecular weight excluding hydrogens is 250 g/mol. The van der Waals surface area contributed by atoms with Crippen molar-refractivity contribution in [3.05, 3.63) is 23.4 Å². The van der Waals surface area contributed by atoms with Gasteiger partial charge in [-0.15, -0.1) is 0 Å². The molecule has 1 N–H and O–H groups in total. The molecule has 0 saturated carbocycles. The van der Waals surface area contributed by atoms with Crippen LogP contribution in [-0.4, -0.2) is 36.3 Å². The van der Waals surface area contributed by atoms with E-state index in [0.717, 1.165) is 37.7 Å². The molecule has 0 aliphatic carbocycles. The molecule has 1 aliphatic rings. The van der Waals surface area contributed by atoms with Gasteiger partial charge in [0.2, 0.25) is 0 Å². The van der Waals surface area contributed by atoms with Crippen LogP contribution in [-0.2, 0) is 11.3 Å². The molecule has 4 nitrogen and oxygen atoms in total. The smallest absolute Gasteiger partial charge is 0.128 e. The molecule has 0 bridgehead atoms. The quantitative estimate of drug-likeness (QED) is 0.917. The van der Waals surface area contributed by atoms with Crippen molar-refractivity contribution in [2.24, 2.45) is 0 Å². The lowest BCUT2D eigenvalue weighted by molar-refractivity contribution is -0.0751. The van der Waals surface area contributed by atoms with Crippen molar-refractivity contribution < 1.29 is 4.74 Å². The number of hydrogen-bond donors (Lipinski definition) is 1. The molecule has 1 saturated heterocycles. The van der Waals surface area contributed by atoms with Gasteiger partial charge in [0.15, 0.2) is 0 Å². The van der Waals surface area contributed by atoms with Crippen LogP contribution >= 0.6 is 0 Å². The summed E-state index contributed by atoms with van der Waals surface area (Å²) in [4.78, 5) is 7.11. The second-order valence-electron chi connectivity index (χ2n) is 6.26. The van der Waals surface area contributed by atoms with E-state index < -0.39 is 0 Å². The highest BCUT2D eigenvalue weighted by Gasteiger charge is 2.31. The van der Waals surface area contributed by atoms with E-state index in [1.807, 2.05) is 0 Å². The average molecular weight is 277 g/mol. The van der Waals surface area contributed by atoms with Crippen LogP contribution in [0.25, 0.3) is 0 Å². The maximum absolute atomic E-state index is 5.95. The predicted molar refractivity (Wildman–Crippen MR) is 83.2 cm³/mol. The third-order valence-corrected chi connectivity index (χ3v) is 3.64. The second-order valence-corrected chi connectivity index (χ2v) is 6.26. The van der Waals surface area contributed by atoms with Gasteiger partial charge in [-0.25, -0.2) is 4.98 Å². The largest absolute Gasteiger partial charge is 0.369 e. The molecule has 1 fully saturated rings. The first-order chi connectivity index (χ1) is 9.41. The molecule has 1 unspecified atom stereocenters. The lowest BCUT2D eigenvalue weighted by Crippen LogP contribution is -2.52. The normalized spacial score (nSPS) is 22.1. The Labute approximate surface area is 122 Å². The summed E-state index contributed by atoms with van der Waals surface area (Å²) in [6.45, 7) is 14.3. The van der Waals surface area contributed by atoms with Crippen molar-refractivity contribution in [2.75, 3.05) is 24.5 Å². The van der Waals surface area contributed by atoms with Crippen molar-refractivity contribution in [2.45, 2.75) is 52.9 Å². The fourth-order valence-electron chi connectivity index (χ4n) is 2.83. The van der Waals surface area contributed by atoms with E-state index in [1.165, 1.54) is 5.56 Å². The lowest BCUT2D eigenvalue weighted by Gasteiger charge is -2.42. The molecule has 0 amide bonds. The van der Waals surface area contributed by atoms with E-state index in [-0.39, 0.29) is 11.7 Å². The molecule has 0 aromatic carbocycles. The molecule has 112 valence electrons. The van der Waals surface area contributed by atoms with Gasteiger partial charge in [-0.1, -0.05) is 13.0 Å². The minimum atomic E-state index is -0.115. The van der Waals surface area contributed by atoms with Crippen LogP contribution in [0.3, 0.4) is 0 Å². The van der Waals surface area contributed by atoms with E-state index in [1.54, 1.807) is 0 Å². The number of nitrogens with zero attached hydrogens (tertiary/aromatic N) is 2. The summed E-state index contributed by atoms with van der Waals surface area (Å²) < 4.78 is 5.95. The summed E-state index contributed by atoms with van der Waals surface area (Å²) in [6.07, 6.45) is 0.238. The first-order valence-electron chi connectivity index (χ1n) is 7.51. The molecule has 1 aliphatic heterocycles. The maximum atomic E-state index is 5.95. The SMILES string of the molecule is CCNCc1ccc(N2CC(C)OC(C)(C)C2)nc1C. The number of hydrogen-bond acceptors (Lipinski definition) is 4. The molecule has 2 heterocycles. The fourth-order valence-corrected chi connectivity index (χ4v) is 2.83. The summed E-state index contributed by atoms with van der Waals surface area (Å²) in [7, 11) is 0. The molecular formula is C16H27N3O. The Bertz CT molecular complexity index is 459. The van der Waals surface area contributed by atoms with Crippen molar-refractivity contribution in [3.8, 4) is 0 Å². The van der Waals surface area contributed by atoms with Crippen LogP contribution < -0.4 is 10.2 Å². The molecule has 0 radical (unpaired) electrons. The topological polar surface area (TPSA) is 37.4 Å². The van der Waals surface area contributed by atoms with E-state index in [4.69, 9.17) is 9.72 Å². The van der Waals surface area contributed by atoms with Crippen LogP contribution in [0.15, 0.2) is 12.1 Å². The summed E-state index contributed by atoms with van der Waals surface area (Å²) in [5, 5.41) is 3.35. The van der Waals surface area contributed by atoms with Gasteiger partial charge < -0.3 is 15.0 Å². The van der Waals surface area contributed by atoms with Crippen LogP contribution in [0, 0.1) is 6.92 Å². The number of rotatable bonds is 4. The molecule has 4 heteroatoms. The average Bonchev–Trinajstić information content (AvgIpc) is 2.35. The van der Waals surface area contributed by atoms with Crippen LogP contribution in [0.2, 0.25) is 0 Å². The van der Waals surface area contributed by atoms with Gasteiger partial charge in [0, 0.05) is 25.3 Å². The standard InChI is InChI=1S/C16H27N3O/c1-6-17-9-14-7-8-15(18-13(14)3)19-10-12(2)20-16(4,5)11-19/h7-8,12,17H,6,9-11H2,1-5H3. The molecule has 20 heavy (non-hydrogen) atoms. The number of aromatic nitrogens is 1. The van der Waals surface area contributed by atoms with E-state index >= 15 is 0 Å². The second kappa shape index (κ2) is 6.10. The van der Waals surface area contributed by atoms with Crippen LogP contribution in [0.5, 0.6) is 0 Å². The highest BCUT2D eigenvalue weighted by Crippen LogP contribution is 2.25. The van der Waals surface area contributed by atoms with Gasteiger partial charge >= 0.3 is 0 Å². The Morgan fingerprint density at radius 1 is 1.45 bits per heavy atom. The monoisotopic (exact) mass is 277 g/mol. The number of pyridine rings is 1. The number of morpholine rings is 1. The Balaban J connectivity index is 2.14. The van der Waals surface area contributed by atoms with E-state index in [2.05, 4.69) is 57.0 Å². The van der Waals surface area contributed by atoms with Gasteiger partial charge in [-0.05, 0) is 45.9 Å². The first-order valence-corrected chi connectivity index (χ1v) is 7.51. The van der Waals surface area contributed by atoms with Crippen LogP contribution in [0.1, 0.15) is 39.0 Å². The first kappa shape index (κ1) is 15.3. The number of anilines is 1. The van der Waals surface area contributed by atoms with Gasteiger partial charge in [-0.2, -0.15) is 0 Å². The fraction of sp³-hybridized carbons (Fsp3) is 0.688. The Morgan fingerprint density at radius 3 is 2.80 bits per heavy atom. The minimum absolute atomic E-state index is 0.115. The number of nitrogens with one attached hydrogen (secondary N) is 1. The highest BCUT2D eigenvalue weighted by molar-refractivity contribution is 5.42. The Hall–Kier alpha value is -1.13. The molecule has 1 aromatic rings. The van der Waals surface area contributed by atoms with E-state index in [0.29, 0.717) is 0 Å². The summed E-state index contributed by atoms with van der Waals surface area (Å²) in [5.74, 6) is 1.06. The zero-order chi connectivity index (χ0) is 14.8. The molecule has 2 rings (SSSR count). The maximum Gasteiger partial charge on any atom is 0.128 e. The Morgan fingerprint density at radius 2 is 2.20 bits per heavy atom. The van der Waals surface area contributed by atoms with Crippen molar-refractivity contribution in [1.82, 2.24) is 10.3 Å².